The summed E-state index contributed by atoms with van der Waals surface area (Å²) in [5, 5.41) is 19.3. The molecule has 3 N–H and O–H groups in total. The summed E-state index contributed by atoms with van der Waals surface area (Å²) in [6.45, 7) is 4.24. The van der Waals surface area contributed by atoms with E-state index in [1.807, 2.05) is 24.3 Å². The summed E-state index contributed by atoms with van der Waals surface area (Å²) in [6, 6.07) is 9.24. The van der Waals surface area contributed by atoms with Gasteiger partial charge >= 0.3 is 0 Å². The largest absolute Gasteiger partial charge is 0.437 e. The normalized spacial score (nSPS) is 11.7. The highest BCUT2D eigenvalue weighted by molar-refractivity contribution is 5.98. The molecule has 1 heterocycles. The van der Waals surface area contributed by atoms with Crippen molar-refractivity contribution in [1.82, 2.24) is 10.2 Å². The van der Waals surface area contributed by atoms with Crippen LogP contribution < -0.4 is 10.5 Å². The van der Waals surface area contributed by atoms with Crippen LogP contribution in [-0.2, 0) is 0 Å². The molecule has 0 bridgehead atoms. The molecule has 0 aliphatic rings. The predicted molar refractivity (Wildman–Crippen MR) is 75.1 cm³/mol. The Labute approximate surface area is 116 Å². The number of nitrogens with zero attached hydrogens (tertiary/aromatic N) is 3. The Morgan fingerprint density at radius 2 is 1.95 bits per heavy atom. The minimum atomic E-state index is -0.0753. The first-order chi connectivity index (χ1) is 9.61. The molecule has 0 aliphatic carbocycles. The first-order valence-electron chi connectivity index (χ1n) is 6.19. The van der Waals surface area contributed by atoms with E-state index >= 15 is 0 Å². The summed E-state index contributed by atoms with van der Waals surface area (Å²) in [6.07, 6.45) is 1.45. The number of hydrogen-bond donors (Lipinski definition) is 2. The fraction of sp³-hybridized carbons (Fsp3) is 0.214. The van der Waals surface area contributed by atoms with Gasteiger partial charge in [0.1, 0.15) is 5.75 Å². The Morgan fingerprint density at radius 1 is 1.25 bits per heavy atom. The van der Waals surface area contributed by atoms with Gasteiger partial charge in [-0.15, -0.1) is 5.10 Å². The van der Waals surface area contributed by atoms with Crippen LogP contribution in [0.2, 0.25) is 0 Å². The number of hydrogen-bond acceptors (Lipinski definition) is 5. The zero-order valence-electron chi connectivity index (χ0n) is 11.3. The predicted octanol–water partition coefficient (Wildman–Crippen LogP) is 2.49. The van der Waals surface area contributed by atoms with E-state index in [4.69, 9.17) is 15.7 Å². The van der Waals surface area contributed by atoms with Gasteiger partial charge in [0.05, 0.1) is 11.8 Å². The lowest BCUT2D eigenvalue weighted by molar-refractivity contribution is 0.318. The molecule has 2 aromatic rings. The highest BCUT2D eigenvalue weighted by Crippen LogP contribution is 2.24. The van der Waals surface area contributed by atoms with E-state index in [2.05, 4.69) is 29.2 Å². The second kappa shape index (κ2) is 6.01. The first kappa shape index (κ1) is 13.8. The Hall–Kier alpha value is -2.63. The molecule has 20 heavy (non-hydrogen) atoms. The SMILES string of the molecule is CC(C)c1ccc(Oc2nnccc2/C(N)=N/O)cc1. The van der Waals surface area contributed by atoms with Crippen LogP contribution in [0.15, 0.2) is 41.7 Å². The third-order valence-corrected chi connectivity index (χ3v) is 2.83. The number of aromatic nitrogens is 2. The zero-order valence-corrected chi connectivity index (χ0v) is 11.3. The van der Waals surface area contributed by atoms with Crippen LogP contribution in [-0.4, -0.2) is 21.2 Å². The summed E-state index contributed by atoms with van der Waals surface area (Å²) in [7, 11) is 0. The van der Waals surface area contributed by atoms with Gasteiger partial charge in [0.2, 0.25) is 5.88 Å². The highest BCUT2D eigenvalue weighted by atomic mass is 16.5. The molecule has 0 saturated carbocycles. The third-order valence-electron chi connectivity index (χ3n) is 2.83. The van der Waals surface area contributed by atoms with Crippen molar-refractivity contribution in [3.63, 3.8) is 0 Å². The van der Waals surface area contributed by atoms with Gasteiger partial charge in [0.25, 0.3) is 0 Å². The molecule has 0 unspecified atom stereocenters. The molecule has 0 saturated heterocycles. The average Bonchev–Trinajstić information content (AvgIpc) is 2.47. The van der Waals surface area contributed by atoms with Crippen LogP contribution >= 0.6 is 0 Å². The second-order valence-corrected chi connectivity index (χ2v) is 4.56. The topological polar surface area (TPSA) is 93.6 Å². The first-order valence-corrected chi connectivity index (χ1v) is 6.19. The van der Waals surface area contributed by atoms with Gasteiger partial charge in [-0.1, -0.05) is 31.1 Å². The molecule has 104 valence electrons. The highest BCUT2D eigenvalue weighted by Gasteiger charge is 2.11. The lowest BCUT2D eigenvalue weighted by Crippen LogP contribution is -2.15. The summed E-state index contributed by atoms with van der Waals surface area (Å²) < 4.78 is 5.62. The maximum absolute atomic E-state index is 8.74. The molecule has 0 amide bonds. The fourth-order valence-corrected chi connectivity index (χ4v) is 1.68. The molecule has 6 heteroatoms. The van der Waals surface area contributed by atoms with Crippen molar-refractivity contribution in [3.05, 3.63) is 47.7 Å². The number of amidine groups is 1. The summed E-state index contributed by atoms with van der Waals surface area (Å²) in [5.41, 5.74) is 7.17. The van der Waals surface area contributed by atoms with E-state index in [1.165, 1.54) is 11.8 Å². The van der Waals surface area contributed by atoms with Gasteiger partial charge in [-0.2, -0.15) is 5.10 Å². The van der Waals surface area contributed by atoms with Gasteiger partial charge in [-0.05, 0) is 29.7 Å². The van der Waals surface area contributed by atoms with E-state index < -0.39 is 0 Å². The summed E-state index contributed by atoms with van der Waals surface area (Å²) >= 11 is 0. The van der Waals surface area contributed by atoms with Crippen molar-refractivity contribution < 1.29 is 9.94 Å². The van der Waals surface area contributed by atoms with Crippen LogP contribution in [0.25, 0.3) is 0 Å². The number of nitrogens with two attached hydrogens (primary N) is 1. The minimum absolute atomic E-state index is 0.0753. The molecule has 1 aromatic heterocycles. The van der Waals surface area contributed by atoms with Crippen molar-refractivity contribution >= 4 is 5.84 Å². The number of ether oxygens (including phenoxy) is 1. The van der Waals surface area contributed by atoms with Crippen LogP contribution in [0.4, 0.5) is 0 Å². The lowest BCUT2D eigenvalue weighted by atomic mass is 10.0. The number of benzene rings is 1. The van der Waals surface area contributed by atoms with Crippen molar-refractivity contribution in [2.45, 2.75) is 19.8 Å². The van der Waals surface area contributed by atoms with Gasteiger partial charge in [0, 0.05) is 0 Å². The van der Waals surface area contributed by atoms with Crippen molar-refractivity contribution in [1.29, 1.82) is 0 Å². The number of rotatable bonds is 4. The van der Waals surface area contributed by atoms with E-state index in [0.29, 0.717) is 17.2 Å². The number of oxime groups is 1. The Bertz CT molecular complexity index is 609. The molecule has 0 aliphatic heterocycles. The minimum Gasteiger partial charge on any atom is -0.437 e. The zero-order chi connectivity index (χ0) is 14.5. The maximum Gasteiger partial charge on any atom is 0.250 e. The molecular formula is C14H16N4O2. The Balaban J connectivity index is 2.26. The molecular weight excluding hydrogens is 256 g/mol. The van der Waals surface area contributed by atoms with Crippen LogP contribution in [0, 0.1) is 0 Å². The average molecular weight is 272 g/mol. The smallest absolute Gasteiger partial charge is 0.250 e. The van der Waals surface area contributed by atoms with Crippen LogP contribution in [0.5, 0.6) is 11.6 Å². The second-order valence-electron chi connectivity index (χ2n) is 4.56. The Kier molecular flexibility index (Phi) is 4.14. The van der Waals surface area contributed by atoms with Gasteiger partial charge in [-0.3, -0.25) is 0 Å². The van der Waals surface area contributed by atoms with E-state index in [0.717, 1.165) is 0 Å². The van der Waals surface area contributed by atoms with Gasteiger partial charge in [-0.25, -0.2) is 0 Å². The molecule has 0 spiro atoms. The fourth-order valence-electron chi connectivity index (χ4n) is 1.68. The van der Waals surface area contributed by atoms with Gasteiger partial charge < -0.3 is 15.7 Å². The van der Waals surface area contributed by atoms with Gasteiger partial charge in [0.15, 0.2) is 5.84 Å². The van der Waals surface area contributed by atoms with Crippen molar-refractivity contribution in [2.75, 3.05) is 0 Å². The van der Waals surface area contributed by atoms with Crippen molar-refractivity contribution in [2.24, 2.45) is 10.9 Å². The maximum atomic E-state index is 8.74. The van der Waals surface area contributed by atoms with Crippen molar-refractivity contribution in [3.8, 4) is 11.6 Å². The lowest BCUT2D eigenvalue weighted by Gasteiger charge is -2.09. The van der Waals surface area contributed by atoms with Crippen LogP contribution in [0.3, 0.4) is 0 Å². The Morgan fingerprint density at radius 3 is 2.55 bits per heavy atom. The summed E-state index contributed by atoms with van der Waals surface area (Å²) in [5.74, 6) is 1.18. The third kappa shape index (κ3) is 3.03. The van der Waals surface area contributed by atoms with E-state index in [-0.39, 0.29) is 11.7 Å². The monoisotopic (exact) mass is 272 g/mol. The molecule has 6 nitrogen and oxygen atoms in total. The molecule has 0 radical (unpaired) electrons. The van der Waals surface area contributed by atoms with Crippen LogP contribution in [0.1, 0.15) is 30.9 Å². The van der Waals surface area contributed by atoms with E-state index in [9.17, 15) is 0 Å². The quantitative estimate of drug-likeness (QED) is 0.386. The molecule has 2 rings (SSSR count). The van der Waals surface area contributed by atoms with E-state index in [1.54, 1.807) is 6.07 Å². The summed E-state index contributed by atoms with van der Waals surface area (Å²) in [4.78, 5) is 0. The molecule has 0 fully saturated rings. The molecule has 0 atom stereocenters. The standard InChI is InChI=1S/C14H16N4O2/c1-9(2)10-3-5-11(6-4-10)20-14-12(13(15)18-19)7-8-16-17-14/h3-9,19H,1-2H3,(H2,15,18). The molecule has 1 aromatic carbocycles.